The minimum absolute atomic E-state index is 0.204. The number of non-ortho nitro benzene ring substituents is 1. The maximum atomic E-state index is 11.3. The van der Waals surface area contributed by atoms with Crippen LogP contribution in [0.25, 0.3) is 0 Å². The Hall–Kier alpha value is -2.29. The quantitative estimate of drug-likeness (QED) is 0.137. The predicted octanol–water partition coefficient (Wildman–Crippen LogP) is 0.466. The topological polar surface area (TPSA) is 160 Å². The van der Waals surface area contributed by atoms with Crippen LogP contribution in [0.15, 0.2) is 29.4 Å². The third-order valence-electron chi connectivity index (χ3n) is 1.81. The molecule has 0 aliphatic heterocycles. The molecule has 0 radical (unpaired) electrons. The van der Waals surface area contributed by atoms with Crippen molar-refractivity contribution in [2.45, 2.75) is 0 Å². The summed E-state index contributed by atoms with van der Waals surface area (Å²) in [7, 11) is -5.08. The number of oxime groups is 1. The Kier molecular flexibility index (Phi) is 4.33. The lowest BCUT2D eigenvalue weighted by Gasteiger charge is -2.06. The lowest BCUT2D eigenvalue weighted by atomic mass is 10.3. The highest BCUT2D eigenvalue weighted by Crippen LogP contribution is 2.37. The van der Waals surface area contributed by atoms with E-state index in [1.807, 2.05) is 0 Å². The lowest BCUT2D eigenvalue weighted by molar-refractivity contribution is -0.384. The minimum Gasteiger partial charge on any atom is -0.421 e. The van der Waals surface area contributed by atoms with E-state index in [0.29, 0.717) is 0 Å². The SMILES string of the molecule is O=C(Oc1ccc([N+](=O)[O-])cc1)C(=NO)P(=O)(O)O. The van der Waals surface area contributed by atoms with E-state index in [2.05, 4.69) is 9.89 Å². The third-order valence-corrected chi connectivity index (χ3v) is 2.64. The molecule has 0 amide bonds. The van der Waals surface area contributed by atoms with Crippen LogP contribution in [-0.2, 0) is 9.36 Å². The van der Waals surface area contributed by atoms with Crippen LogP contribution in [0, 0.1) is 10.1 Å². The van der Waals surface area contributed by atoms with E-state index in [-0.39, 0.29) is 11.4 Å². The monoisotopic (exact) mass is 290 g/mol. The van der Waals surface area contributed by atoms with Crippen molar-refractivity contribution in [2.24, 2.45) is 5.16 Å². The standard InChI is InChI=1S/C8H7N2O8P/c11-8(7(9-12)19(15,16)17)18-6-3-1-5(2-4-6)10(13)14/h1-4,12H,(H2,15,16,17). The summed E-state index contributed by atoms with van der Waals surface area (Å²) in [6.07, 6.45) is 0. The molecule has 0 heterocycles. The zero-order valence-electron chi connectivity index (χ0n) is 9.03. The fraction of sp³-hybridized carbons (Fsp3) is 0. The fourth-order valence-corrected chi connectivity index (χ4v) is 1.41. The molecule has 11 heteroatoms. The van der Waals surface area contributed by atoms with E-state index < -0.39 is 23.9 Å². The molecule has 0 atom stereocenters. The summed E-state index contributed by atoms with van der Waals surface area (Å²) in [6, 6.07) is 4.14. The van der Waals surface area contributed by atoms with Crippen molar-refractivity contribution in [3.63, 3.8) is 0 Å². The average molecular weight is 290 g/mol. The molecule has 0 saturated carbocycles. The number of benzene rings is 1. The highest BCUT2D eigenvalue weighted by atomic mass is 31.2. The highest BCUT2D eigenvalue weighted by molar-refractivity contribution is 7.73. The van der Waals surface area contributed by atoms with Gasteiger partial charge in [-0.1, -0.05) is 5.16 Å². The van der Waals surface area contributed by atoms with Gasteiger partial charge in [-0.2, -0.15) is 0 Å². The normalized spacial score (nSPS) is 12.0. The molecule has 3 N–H and O–H groups in total. The van der Waals surface area contributed by atoms with Crippen LogP contribution in [-0.4, -0.2) is 31.3 Å². The molecule has 0 saturated heterocycles. The van der Waals surface area contributed by atoms with Gasteiger partial charge in [-0.05, 0) is 12.1 Å². The van der Waals surface area contributed by atoms with Crippen molar-refractivity contribution >= 4 is 24.7 Å². The molecule has 1 rings (SSSR count). The number of nitrogens with zero attached hydrogens (tertiary/aromatic N) is 2. The summed E-state index contributed by atoms with van der Waals surface area (Å²) >= 11 is 0. The van der Waals surface area contributed by atoms with Crippen molar-refractivity contribution in [2.75, 3.05) is 0 Å². The highest BCUT2D eigenvalue weighted by Gasteiger charge is 2.33. The zero-order valence-corrected chi connectivity index (χ0v) is 9.93. The third kappa shape index (κ3) is 3.85. The molecule has 19 heavy (non-hydrogen) atoms. The van der Waals surface area contributed by atoms with Crippen LogP contribution in [0.1, 0.15) is 0 Å². The number of carbonyl (C=O) groups is 1. The van der Waals surface area contributed by atoms with Crippen molar-refractivity contribution < 1.29 is 34.0 Å². The van der Waals surface area contributed by atoms with E-state index >= 15 is 0 Å². The second kappa shape index (κ2) is 5.57. The summed E-state index contributed by atoms with van der Waals surface area (Å²) in [5.41, 5.74) is -1.73. The molecule has 0 aliphatic rings. The van der Waals surface area contributed by atoms with Crippen molar-refractivity contribution in [1.29, 1.82) is 0 Å². The maximum absolute atomic E-state index is 11.3. The van der Waals surface area contributed by atoms with Crippen molar-refractivity contribution in [3.8, 4) is 5.75 Å². The maximum Gasteiger partial charge on any atom is 0.385 e. The first-order valence-corrected chi connectivity index (χ1v) is 6.11. The number of hydrogen-bond donors (Lipinski definition) is 3. The zero-order chi connectivity index (χ0) is 14.6. The number of carbonyl (C=O) groups excluding carboxylic acids is 1. The largest absolute Gasteiger partial charge is 0.421 e. The molecule has 0 spiro atoms. The van der Waals surface area contributed by atoms with Gasteiger partial charge >= 0.3 is 13.6 Å². The predicted molar refractivity (Wildman–Crippen MR) is 60.0 cm³/mol. The molecule has 1 aromatic rings. The Balaban J connectivity index is 2.88. The average Bonchev–Trinajstić information content (AvgIpc) is 2.28. The Bertz CT molecular complexity index is 575. The Morgan fingerprint density at radius 2 is 1.84 bits per heavy atom. The van der Waals surface area contributed by atoms with Crippen LogP contribution < -0.4 is 4.74 Å². The summed E-state index contributed by atoms with van der Waals surface area (Å²) in [4.78, 5) is 38.3. The van der Waals surface area contributed by atoms with Gasteiger partial charge in [0.25, 0.3) is 11.1 Å². The van der Waals surface area contributed by atoms with Crippen molar-refractivity contribution in [1.82, 2.24) is 0 Å². The van der Waals surface area contributed by atoms with Gasteiger partial charge < -0.3 is 19.7 Å². The van der Waals surface area contributed by atoms with E-state index in [1.54, 1.807) is 0 Å². The van der Waals surface area contributed by atoms with Crippen LogP contribution in [0.4, 0.5) is 5.69 Å². The molecular formula is C8H7N2O8P. The number of rotatable bonds is 4. The molecule has 102 valence electrons. The molecule has 1 aromatic carbocycles. The van der Waals surface area contributed by atoms with Gasteiger partial charge in [0.2, 0.25) is 0 Å². The van der Waals surface area contributed by atoms with Crippen LogP contribution >= 0.6 is 7.60 Å². The first-order chi connectivity index (χ1) is 8.75. The number of nitro groups is 1. The molecule has 0 aromatic heterocycles. The first-order valence-electron chi connectivity index (χ1n) is 4.50. The first kappa shape index (κ1) is 14.8. The number of hydrogen-bond acceptors (Lipinski definition) is 7. The van der Waals surface area contributed by atoms with Gasteiger partial charge in [0.1, 0.15) is 5.75 Å². The Labute approximate surface area is 105 Å². The molecule has 10 nitrogen and oxygen atoms in total. The molecule has 0 unspecified atom stereocenters. The van der Waals surface area contributed by atoms with Gasteiger partial charge in [0, 0.05) is 12.1 Å². The van der Waals surface area contributed by atoms with Crippen LogP contribution in [0.2, 0.25) is 0 Å². The van der Waals surface area contributed by atoms with E-state index in [4.69, 9.17) is 15.0 Å². The summed E-state index contributed by atoms with van der Waals surface area (Å²) in [5, 5.41) is 20.9. The minimum atomic E-state index is -5.08. The van der Waals surface area contributed by atoms with Crippen molar-refractivity contribution in [3.05, 3.63) is 34.4 Å². The summed E-state index contributed by atoms with van der Waals surface area (Å²) < 4.78 is 15.2. The lowest BCUT2D eigenvalue weighted by Crippen LogP contribution is -2.20. The fourth-order valence-electron chi connectivity index (χ4n) is 1.01. The van der Waals surface area contributed by atoms with Crippen LogP contribution in [0.3, 0.4) is 0 Å². The Morgan fingerprint density at radius 1 is 1.32 bits per heavy atom. The number of nitro benzene ring substituents is 1. The van der Waals surface area contributed by atoms with E-state index in [9.17, 15) is 19.5 Å². The second-order valence-electron chi connectivity index (χ2n) is 3.11. The summed E-state index contributed by atoms with van der Waals surface area (Å²) in [6.45, 7) is 0. The Morgan fingerprint density at radius 3 is 2.21 bits per heavy atom. The van der Waals surface area contributed by atoms with E-state index in [0.717, 1.165) is 24.3 Å². The number of esters is 1. The molecule has 0 bridgehead atoms. The summed E-state index contributed by atoms with van der Waals surface area (Å²) in [5.74, 6) is -1.77. The van der Waals surface area contributed by atoms with Gasteiger partial charge in [-0.25, -0.2) is 4.79 Å². The van der Waals surface area contributed by atoms with Gasteiger partial charge in [0.05, 0.1) is 4.92 Å². The van der Waals surface area contributed by atoms with Crippen LogP contribution in [0.5, 0.6) is 5.75 Å². The van der Waals surface area contributed by atoms with Gasteiger partial charge in [-0.15, -0.1) is 0 Å². The van der Waals surface area contributed by atoms with Gasteiger partial charge in [-0.3, -0.25) is 14.7 Å². The van der Waals surface area contributed by atoms with E-state index in [1.165, 1.54) is 0 Å². The smallest absolute Gasteiger partial charge is 0.385 e. The second-order valence-corrected chi connectivity index (χ2v) is 4.62. The van der Waals surface area contributed by atoms with Gasteiger partial charge in [0.15, 0.2) is 0 Å². The molecular weight excluding hydrogens is 283 g/mol. The molecule has 0 aliphatic carbocycles. The number of ether oxygens (including phenoxy) is 1. The molecule has 0 fully saturated rings.